The molecule has 0 unspecified atom stereocenters. The maximum Gasteiger partial charge on any atom is 0.329 e. The number of benzene rings is 1. The van der Waals surface area contributed by atoms with E-state index >= 15 is 0 Å². The summed E-state index contributed by atoms with van der Waals surface area (Å²) >= 11 is 0. The number of carbonyl (C=O) groups excluding carboxylic acids is 2. The molecule has 4 rings (SSSR count). The van der Waals surface area contributed by atoms with Crippen LogP contribution in [0, 0.1) is 6.92 Å². The molecular weight excluding hydrogens is 352 g/mol. The molecule has 0 radical (unpaired) electrons. The molecular formula is C22H34N4O2+2. The highest BCUT2D eigenvalue weighted by molar-refractivity contribution is 6.06. The van der Waals surface area contributed by atoms with E-state index in [1.54, 1.807) is 4.90 Å². The first-order chi connectivity index (χ1) is 13.6. The second kappa shape index (κ2) is 8.21. The Kier molecular flexibility index (Phi) is 5.69. The van der Waals surface area contributed by atoms with Crippen molar-refractivity contribution in [2.24, 2.45) is 0 Å². The third-order valence-electron chi connectivity index (χ3n) is 6.95. The number of rotatable bonds is 4. The van der Waals surface area contributed by atoms with Crippen LogP contribution >= 0.6 is 0 Å². The van der Waals surface area contributed by atoms with Gasteiger partial charge in [-0.2, -0.15) is 0 Å². The van der Waals surface area contributed by atoms with Gasteiger partial charge in [-0.1, -0.05) is 49.9 Å². The average molecular weight is 387 g/mol. The molecule has 1 spiro atoms. The third-order valence-corrected chi connectivity index (χ3v) is 6.95. The van der Waals surface area contributed by atoms with Crippen LogP contribution in [0.1, 0.15) is 49.7 Å². The van der Waals surface area contributed by atoms with Gasteiger partial charge in [0.25, 0.3) is 5.91 Å². The third kappa shape index (κ3) is 3.94. The highest BCUT2D eigenvalue weighted by Gasteiger charge is 2.51. The predicted octanol–water partition coefficient (Wildman–Crippen LogP) is -0.119. The summed E-state index contributed by atoms with van der Waals surface area (Å²) in [5.74, 6) is 0.0292. The van der Waals surface area contributed by atoms with E-state index < -0.39 is 5.54 Å². The molecule has 3 fully saturated rings. The largest absolute Gasteiger partial charge is 0.329 e. The molecule has 2 saturated heterocycles. The Morgan fingerprint density at radius 3 is 2.29 bits per heavy atom. The maximum absolute atomic E-state index is 13.1. The van der Waals surface area contributed by atoms with Gasteiger partial charge < -0.3 is 15.1 Å². The Morgan fingerprint density at radius 2 is 1.61 bits per heavy atom. The van der Waals surface area contributed by atoms with Crippen LogP contribution in [-0.2, 0) is 11.3 Å². The van der Waals surface area contributed by atoms with Gasteiger partial charge in [-0.3, -0.25) is 4.79 Å². The zero-order valence-electron chi connectivity index (χ0n) is 17.1. The van der Waals surface area contributed by atoms with Crippen LogP contribution in [0.25, 0.3) is 0 Å². The number of quaternary nitrogens is 2. The van der Waals surface area contributed by atoms with Crippen LogP contribution in [0.5, 0.6) is 0 Å². The lowest BCUT2D eigenvalue weighted by atomic mass is 9.90. The first-order valence-electron chi connectivity index (χ1n) is 10.9. The summed E-state index contributed by atoms with van der Waals surface area (Å²) in [6, 6.07) is 8.44. The molecule has 6 heteroatoms. The van der Waals surface area contributed by atoms with Crippen molar-refractivity contribution in [1.82, 2.24) is 10.2 Å². The maximum atomic E-state index is 13.1. The fraction of sp³-hybridized carbons (Fsp3) is 0.636. The Morgan fingerprint density at radius 1 is 0.964 bits per heavy atom. The van der Waals surface area contributed by atoms with Crippen molar-refractivity contribution in [3.05, 3.63) is 35.4 Å². The summed E-state index contributed by atoms with van der Waals surface area (Å²) in [7, 11) is 0. The standard InChI is InChI=1S/C22H32N4O2/c1-18-8-4-5-9-19(18)16-24-12-14-25(15-13-24)17-26-20(27)22(23-21(26)28)10-6-2-3-7-11-22/h4-5,8-9H,2-3,6-7,10-17H2,1H3,(H,23,28)/p+2. The van der Waals surface area contributed by atoms with Gasteiger partial charge in [0.15, 0.2) is 6.67 Å². The fourth-order valence-corrected chi connectivity index (χ4v) is 5.08. The molecule has 1 aromatic rings. The number of carbonyl (C=O) groups is 2. The van der Waals surface area contributed by atoms with Crippen LogP contribution in [0.3, 0.4) is 0 Å². The number of urea groups is 1. The van der Waals surface area contributed by atoms with Gasteiger partial charge in [-0.05, 0) is 25.3 Å². The highest BCUT2D eigenvalue weighted by Crippen LogP contribution is 2.32. The summed E-state index contributed by atoms with van der Waals surface area (Å²) in [5.41, 5.74) is 2.17. The molecule has 0 atom stereocenters. The molecule has 3 aliphatic rings. The van der Waals surface area contributed by atoms with Gasteiger partial charge >= 0.3 is 6.03 Å². The van der Waals surface area contributed by atoms with Gasteiger partial charge in [-0.25, -0.2) is 9.69 Å². The number of nitrogens with zero attached hydrogens (tertiary/aromatic N) is 1. The number of aryl methyl sites for hydroxylation is 1. The topological polar surface area (TPSA) is 58.3 Å². The van der Waals surface area contributed by atoms with Crippen molar-refractivity contribution in [2.45, 2.75) is 57.5 Å². The molecule has 3 amide bonds. The lowest BCUT2D eigenvalue weighted by Gasteiger charge is -2.31. The molecule has 1 aromatic carbocycles. The predicted molar refractivity (Wildman–Crippen MR) is 107 cm³/mol. The molecule has 6 nitrogen and oxygen atoms in total. The number of amides is 3. The minimum Gasteiger partial charge on any atom is -0.323 e. The van der Waals surface area contributed by atoms with Gasteiger partial charge in [0.1, 0.15) is 38.3 Å². The molecule has 2 heterocycles. The van der Waals surface area contributed by atoms with Crippen LogP contribution in [0.4, 0.5) is 4.79 Å². The molecule has 1 aliphatic carbocycles. The normalized spacial score (nSPS) is 27.7. The summed E-state index contributed by atoms with van der Waals surface area (Å²) in [4.78, 5) is 30.1. The molecule has 0 aromatic heterocycles. The zero-order chi connectivity index (χ0) is 19.6. The van der Waals surface area contributed by atoms with E-state index in [1.165, 1.54) is 33.8 Å². The number of hydrogen-bond donors (Lipinski definition) is 3. The molecule has 3 N–H and O–H groups in total. The molecule has 28 heavy (non-hydrogen) atoms. The van der Waals surface area contributed by atoms with E-state index in [0.717, 1.165) is 58.4 Å². The lowest BCUT2D eigenvalue weighted by molar-refractivity contribution is -1.02. The van der Waals surface area contributed by atoms with Crippen molar-refractivity contribution in [1.29, 1.82) is 0 Å². The second-order valence-corrected chi connectivity index (χ2v) is 8.92. The van der Waals surface area contributed by atoms with Gasteiger partial charge in [0.05, 0.1) is 0 Å². The van der Waals surface area contributed by atoms with Crippen molar-refractivity contribution in [3.63, 3.8) is 0 Å². The van der Waals surface area contributed by atoms with E-state index in [-0.39, 0.29) is 11.9 Å². The molecule has 2 aliphatic heterocycles. The quantitative estimate of drug-likeness (QED) is 0.632. The molecule has 1 saturated carbocycles. The smallest absolute Gasteiger partial charge is 0.323 e. The van der Waals surface area contributed by atoms with Gasteiger partial charge in [0.2, 0.25) is 0 Å². The van der Waals surface area contributed by atoms with E-state index in [4.69, 9.17) is 0 Å². The summed E-state index contributed by atoms with van der Waals surface area (Å²) in [6.45, 7) is 7.93. The number of nitrogens with one attached hydrogen (secondary N) is 3. The van der Waals surface area contributed by atoms with Crippen molar-refractivity contribution >= 4 is 11.9 Å². The average Bonchev–Trinajstić information content (AvgIpc) is 2.85. The fourth-order valence-electron chi connectivity index (χ4n) is 5.08. The lowest BCUT2D eigenvalue weighted by Crippen LogP contribution is -3.28. The first kappa shape index (κ1) is 19.4. The second-order valence-electron chi connectivity index (χ2n) is 8.92. The Balaban J connectivity index is 1.31. The van der Waals surface area contributed by atoms with E-state index in [0.29, 0.717) is 6.67 Å². The Hall–Kier alpha value is -1.92. The monoisotopic (exact) mass is 386 g/mol. The number of piperazine rings is 1. The van der Waals surface area contributed by atoms with Crippen molar-refractivity contribution < 1.29 is 19.4 Å². The van der Waals surface area contributed by atoms with Crippen LogP contribution in [-0.4, -0.2) is 55.2 Å². The van der Waals surface area contributed by atoms with Crippen LogP contribution in [0.15, 0.2) is 24.3 Å². The van der Waals surface area contributed by atoms with Gasteiger partial charge in [-0.15, -0.1) is 0 Å². The van der Waals surface area contributed by atoms with Crippen LogP contribution in [0.2, 0.25) is 0 Å². The van der Waals surface area contributed by atoms with E-state index in [9.17, 15) is 9.59 Å². The minimum atomic E-state index is -0.606. The van der Waals surface area contributed by atoms with E-state index in [2.05, 4.69) is 36.5 Å². The summed E-state index contributed by atoms with van der Waals surface area (Å²) in [5, 5.41) is 3.07. The number of imide groups is 1. The van der Waals surface area contributed by atoms with Crippen molar-refractivity contribution in [2.75, 3.05) is 32.8 Å². The molecule has 0 bridgehead atoms. The zero-order valence-corrected chi connectivity index (χ0v) is 17.1. The highest BCUT2D eigenvalue weighted by atomic mass is 16.2. The van der Waals surface area contributed by atoms with Crippen molar-refractivity contribution in [3.8, 4) is 0 Å². The van der Waals surface area contributed by atoms with Crippen LogP contribution < -0.4 is 15.1 Å². The SMILES string of the molecule is Cc1ccccc1C[NH+]1CC[NH+](CN2C(=O)NC3(CCCCCC3)C2=O)CC1. The summed E-state index contributed by atoms with van der Waals surface area (Å²) in [6.07, 6.45) is 6.01. The van der Waals surface area contributed by atoms with Gasteiger partial charge in [0, 0.05) is 5.56 Å². The Labute approximate surface area is 167 Å². The first-order valence-corrected chi connectivity index (χ1v) is 10.9. The minimum absolute atomic E-state index is 0.0292. The molecule has 152 valence electrons. The summed E-state index contributed by atoms with van der Waals surface area (Å²) < 4.78 is 0. The number of hydrogen-bond acceptors (Lipinski definition) is 2. The Bertz CT molecular complexity index is 719. The van der Waals surface area contributed by atoms with E-state index in [1.807, 2.05) is 0 Å².